The quantitative estimate of drug-likeness (QED) is 0.593. The third kappa shape index (κ3) is 4.56. The van der Waals surface area contributed by atoms with Gasteiger partial charge in [0.25, 0.3) is 5.24 Å². The van der Waals surface area contributed by atoms with Gasteiger partial charge >= 0.3 is 0 Å². The van der Waals surface area contributed by atoms with E-state index in [0.717, 1.165) is 21.9 Å². The van der Waals surface area contributed by atoms with Crippen LogP contribution in [0.25, 0.3) is 5.76 Å². The van der Waals surface area contributed by atoms with Crippen LogP contribution in [0.1, 0.15) is 40.2 Å². The van der Waals surface area contributed by atoms with Crippen molar-refractivity contribution in [2.24, 2.45) is 10.8 Å². The van der Waals surface area contributed by atoms with Crippen molar-refractivity contribution in [2.45, 2.75) is 39.5 Å². The number of carbonyl (C=O) groups excluding carboxylic acids is 1. The average Bonchev–Trinajstić information content (AvgIpc) is 2.91. The Balaban J connectivity index is 1.84. The van der Waals surface area contributed by atoms with E-state index in [-0.39, 0.29) is 16.1 Å². The molecule has 3 nitrogen and oxygen atoms in total. The minimum absolute atomic E-state index is 0.00140. The van der Waals surface area contributed by atoms with Gasteiger partial charge in [0.15, 0.2) is 0 Å². The van der Waals surface area contributed by atoms with Crippen molar-refractivity contribution in [3.8, 4) is 0 Å². The lowest BCUT2D eigenvalue weighted by molar-refractivity contribution is 0.213. The van der Waals surface area contributed by atoms with Gasteiger partial charge in [0.05, 0.1) is 6.61 Å². The first-order chi connectivity index (χ1) is 12.7. The Hall–Kier alpha value is -2.20. The molecule has 1 amide bonds. The number of benzene rings is 2. The first-order valence-electron chi connectivity index (χ1n) is 9.19. The number of hydrogen-bond acceptors (Lipinski definition) is 3. The second-order valence-electron chi connectivity index (χ2n) is 8.54. The Bertz CT molecular complexity index is 863. The van der Waals surface area contributed by atoms with Crippen LogP contribution in [0.15, 0.2) is 65.1 Å². The van der Waals surface area contributed by atoms with Crippen molar-refractivity contribution >= 4 is 28.4 Å². The highest BCUT2D eigenvalue weighted by Gasteiger charge is 2.41. The van der Waals surface area contributed by atoms with E-state index in [0.29, 0.717) is 6.61 Å². The minimum atomic E-state index is -0.101. The molecule has 0 aromatic heterocycles. The second kappa shape index (κ2) is 7.43. The van der Waals surface area contributed by atoms with Gasteiger partial charge in [-0.15, -0.1) is 0 Å². The third-order valence-corrected chi connectivity index (χ3v) is 5.34. The highest BCUT2D eigenvalue weighted by molar-refractivity contribution is 8.13. The van der Waals surface area contributed by atoms with E-state index < -0.39 is 0 Å². The van der Waals surface area contributed by atoms with E-state index in [1.54, 1.807) is 0 Å². The van der Waals surface area contributed by atoms with Crippen LogP contribution in [0.5, 0.6) is 0 Å². The van der Waals surface area contributed by atoms with Gasteiger partial charge in [-0.05, 0) is 47.0 Å². The van der Waals surface area contributed by atoms with Crippen molar-refractivity contribution < 1.29 is 9.53 Å². The van der Waals surface area contributed by atoms with Crippen LogP contribution >= 0.6 is 11.8 Å². The molecule has 27 heavy (non-hydrogen) atoms. The molecule has 142 valence electrons. The number of para-hydroxylation sites is 1. The van der Waals surface area contributed by atoms with E-state index in [1.807, 2.05) is 48.5 Å². The maximum absolute atomic E-state index is 12.3. The lowest BCUT2D eigenvalue weighted by Crippen LogP contribution is -2.24. The lowest BCUT2D eigenvalue weighted by atomic mass is 9.71. The molecular weight excluding hydrogens is 354 g/mol. The van der Waals surface area contributed by atoms with Crippen LogP contribution in [0.3, 0.4) is 0 Å². The largest absolute Gasteiger partial charge is 0.492 e. The fraction of sp³-hybridized carbons (Fsp3) is 0.348. The standard InChI is InChI=1S/C23H27NO2S/c1-22(2,3)20-19(26-15-23(20,4)5)16-10-9-13-18(14-16)27-21(25)24-17-11-7-6-8-12-17/h6-14H,15H2,1-5H3,(H,24,25). The summed E-state index contributed by atoms with van der Waals surface area (Å²) in [5, 5.41) is 2.81. The summed E-state index contributed by atoms with van der Waals surface area (Å²) >= 11 is 1.19. The Morgan fingerprint density at radius 2 is 1.78 bits per heavy atom. The van der Waals surface area contributed by atoms with E-state index in [2.05, 4.69) is 46.0 Å². The van der Waals surface area contributed by atoms with Crippen molar-refractivity contribution in [2.75, 3.05) is 11.9 Å². The molecule has 3 rings (SSSR count). The Labute approximate surface area is 166 Å². The molecule has 2 aromatic carbocycles. The number of amides is 1. The summed E-state index contributed by atoms with van der Waals surface area (Å²) in [5.41, 5.74) is 3.17. The number of thioether (sulfide) groups is 1. The van der Waals surface area contributed by atoms with Crippen LogP contribution < -0.4 is 5.32 Å². The lowest BCUT2D eigenvalue weighted by Gasteiger charge is -2.30. The zero-order chi connectivity index (χ0) is 19.7. The first-order valence-corrected chi connectivity index (χ1v) is 10.0. The monoisotopic (exact) mass is 381 g/mol. The summed E-state index contributed by atoms with van der Waals surface area (Å²) in [4.78, 5) is 13.2. The van der Waals surface area contributed by atoms with Gasteiger partial charge in [-0.25, -0.2) is 0 Å². The van der Waals surface area contributed by atoms with Gasteiger partial charge in [-0.1, -0.05) is 65.0 Å². The van der Waals surface area contributed by atoms with Gasteiger partial charge < -0.3 is 10.1 Å². The summed E-state index contributed by atoms with van der Waals surface area (Å²) in [7, 11) is 0. The number of carbonyl (C=O) groups is 1. The highest BCUT2D eigenvalue weighted by Crippen LogP contribution is 2.49. The van der Waals surface area contributed by atoms with Crippen molar-refractivity contribution in [1.82, 2.24) is 0 Å². The molecule has 1 heterocycles. The number of ether oxygens (including phenoxy) is 1. The van der Waals surface area contributed by atoms with Crippen molar-refractivity contribution in [3.63, 3.8) is 0 Å². The molecule has 0 saturated carbocycles. The summed E-state index contributed by atoms with van der Waals surface area (Å²) in [6.45, 7) is 11.8. The van der Waals surface area contributed by atoms with Crippen molar-refractivity contribution in [1.29, 1.82) is 0 Å². The van der Waals surface area contributed by atoms with Crippen LogP contribution in [-0.4, -0.2) is 11.8 Å². The third-order valence-electron chi connectivity index (χ3n) is 4.56. The second-order valence-corrected chi connectivity index (χ2v) is 9.58. The summed E-state index contributed by atoms with van der Waals surface area (Å²) in [6.07, 6.45) is 0. The Morgan fingerprint density at radius 1 is 1.07 bits per heavy atom. The predicted octanol–water partition coefficient (Wildman–Crippen LogP) is 6.82. The van der Waals surface area contributed by atoms with Gasteiger partial charge in [0.1, 0.15) is 5.76 Å². The molecule has 0 radical (unpaired) electrons. The normalized spacial score (nSPS) is 16.2. The Kier molecular flexibility index (Phi) is 5.38. The smallest absolute Gasteiger partial charge is 0.288 e. The predicted molar refractivity (Wildman–Crippen MR) is 114 cm³/mol. The summed E-state index contributed by atoms with van der Waals surface area (Å²) in [6, 6.07) is 17.5. The molecule has 0 atom stereocenters. The van der Waals surface area contributed by atoms with Crippen LogP contribution in [0.2, 0.25) is 0 Å². The van der Waals surface area contributed by atoms with Crippen LogP contribution in [-0.2, 0) is 4.74 Å². The molecule has 1 aliphatic heterocycles. The molecule has 0 spiro atoms. The number of hydrogen-bond donors (Lipinski definition) is 1. The molecule has 0 unspecified atom stereocenters. The molecule has 1 N–H and O–H groups in total. The summed E-state index contributed by atoms with van der Waals surface area (Å²) in [5.74, 6) is 0.957. The van der Waals surface area contributed by atoms with Crippen LogP contribution in [0, 0.1) is 10.8 Å². The van der Waals surface area contributed by atoms with Gasteiger partial charge in [-0.3, -0.25) is 4.79 Å². The topological polar surface area (TPSA) is 38.3 Å². The molecule has 4 heteroatoms. The van der Waals surface area contributed by atoms with Gasteiger partial charge in [0.2, 0.25) is 0 Å². The van der Waals surface area contributed by atoms with Crippen LogP contribution in [0.4, 0.5) is 10.5 Å². The molecule has 0 bridgehead atoms. The SMILES string of the molecule is CC(C)(C)C1=C(c2cccc(SC(=O)Nc3ccccc3)c2)OCC1(C)C. The van der Waals surface area contributed by atoms with E-state index >= 15 is 0 Å². The maximum atomic E-state index is 12.3. The molecule has 0 aliphatic carbocycles. The fourth-order valence-corrected chi connectivity index (χ4v) is 4.48. The molecule has 1 aliphatic rings. The fourth-order valence-electron chi connectivity index (χ4n) is 3.76. The zero-order valence-electron chi connectivity index (χ0n) is 16.6. The number of rotatable bonds is 3. The number of anilines is 1. The zero-order valence-corrected chi connectivity index (χ0v) is 17.4. The minimum Gasteiger partial charge on any atom is -0.492 e. The average molecular weight is 382 g/mol. The molecular formula is C23H27NO2S. The maximum Gasteiger partial charge on any atom is 0.288 e. The highest BCUT2D eigenvalue weighted by atomic mass is 32.2. The van der Waals surface area contributed by atoms with E-state index in [9.17, 15) is 4.79 Å². The first kappa shape index (κ1) is 19.6. The van der Waals surface area contributed by atoms with Gasteiger partial charge in [-0.2, -0.15) is 0 Å². The Morgan fingerprint density at radius 3 is 2.44 bits per heavy atom. The van der Waals surface area contributed by atoms with Crippen molar-refractivity contribution in [3.05, 3.63) is 65.7 Å². The van der Waals surface area contributed by atoms with Gasteiger partial charge in [0, 0.05) is 21.6 Å². The molecule has 2 aromatic rings. The van der Waals surface area contributed by atoms with E-state index in [4.69, 9.17) is 4.74 Å². The molecule has 0 saturated heterocycles. The van der Waals surface area contributed by atoms with E-state index in [1.165, 1.54) is 17.3 Å². The summed E-state index contributed by atoms with van der Waals surface area (Å²) < 4.78 is 6.12. The molecule has 0 fully saturated rings. The number of nitrogens with one attached hydrogen (secondary N) is 1.